The molecule has 0 unspecified atom stereocenters. The highest BCUT2D eigenvalue weighted by atomic mass is 19.1. The third kappa shape index (κ3) is 3.58. The van der Waals surface area contributed by atoms with Gasteiger partial charge >= 0.3 is 0 Å². The smallest absolute Gasteiger partial charge is 0.262 e. The first kappa shape index (κ1) is 18.7. The minimum atomic E-state index is -1.11. The van der Waals surface area contributed by atoms with Crippen molar-refractivity contribution in [3.63, 3.8) is 0 Å². The largest absolute Gasteiger partial charge is 0.322 e. The van der Waals surface area contributed by atoms with Gasteiger partial charge in [-0.05, 0) is 36.6 Å². The molecule has 3 rings (SSSR count). The molecule has 1 aliphatic heterocycles. The molecule has 7 heteroatoms. The van der Waals surface area contributed by atoms with Crippen LogP contribution < -0.4 is 5.32 Å². The number of nitrogens with zero attached hydrogens (tertiary/aromatic N) is 1. The second kappa shape index (κ2) is 7.26. The zero-order valence-electron chi connectivity index (χ0n) is 14.8. The van der Waals surface area contributed by atoms with E-state index < -0.39 is 35.4 Å². The van der Waals surface area contributed by atoms with Crippen molar-refractivity contribution in [2.24, 2.45) is 5.92 Å². The van der Waals surface area contributed by atoms with Crippen molar-refractivity contribution >= 4 is 23.4 Å². The van der Waals surface area contributed by atoms with Crippen molar-refractivity contribution in [1.29, 1.82) is 0 Å². The maximum atomic E-state index is 13.9. The predicted molar refractivity (Wildman–Crippen MR) is 95.2 cm³/mol. The normalized spacial score (nSPS) is 14.5. The molecule has 0 saturated carbocycles. The maximum Gasteiger partial charge on any atom is 0.262 e. The van der Waals surface area contributed by atoms with E-state index in [1.807, 2.05) is 13.8 Å². The van der Waals surface area contributed by atoms with E-state index in [1.165, 1.54) is 12.1 Å². The number of hydrogen-bond donors (Lipinski definition) is 1. The van der Waals surface area contributed by atoms with Crippen molar-refractivity contribution in [2.45, 2.75) is 26.3 Å². The molecular formula is C20H18F2N2O3. The molecule has 1 heterocycles. The summed E-state index contributed by atoms with van der Waals surface area (Å²) in [6.07, 6.45) is 0.208. The quantitative estimate of drug-likeness (QED) is 0.816. The third-order valence-electron chi connectivity index (χ3n) is 4.32. The van der Waals surface area contributed by atoms with Gasteiger partial charge in [-0.15, -0.1) is 0 Å². The Bertz CT molecular complexity index is 892. The average molecular weight is 372 g/mol. The molecule has 0 aromatic heterocycles. The van der Waals surface area contributed by atoms with Gasteiger partial charge in [0.05, 0.1) is 16.8 Å². The Balaban J connectivity index is 1.91. The zero-order valence-corrected chi connectivity index (χ0v) is 14.8. The van der Waals surface area contributed by atoms with Crippen LogP contribution in [0.4, 0.5) is 14.5 Å². The molecule has 2 aromatic rings. The van der Waals surface area contributed by atoms with Crippen LogP contribution in [0.5, 0.6) is 0 Å². The van der Waals surface area contributed by atoms with Gasteiger partial charge < -0.3 is 5.32 Å². The van der Waals surface area contributed by atoms with E-state index in [9.17, 15) is 23.2 Å². The summed E-state index contributed by atoms with van der Waals surface area (Å²) in [6.45, 7) is 3.69. The van der Waals surface area contributed by atoms with Gasteiger partial charge in [0, 0.05) is 6.07 Å². The number of imide groups is 1. The Labute approximate surface area is 155 Å². The molecule has 2 aromatic carbocycles. The van der Waals surface area contributed by atoms with Crippen molar-refractivity contribution < 1.29 is 23.2 Å². The average Bonchev–Trinajstić information content (AvgIpc) is 2.86. The summed E-state index contributed by atoms with van der Waals surface area (Å²) in [7, 11) is 0. The van der Waals surface area contributed by atoms with Gasteiger partial charge in [0.1, 0.15) is 17.7 Å². The number of hydrogen-bond acceptors (Lipinski definition) is 3. The number of anilines is 1. The fourth-order valence-corrected chi connectivity index (χ4v) is 3.07. The number of carbonyl (C=O) groups excluding carboxylic acids is 3. The van der Waals surface area contributed by atoms with Crippen LogP contribution in [-0.2, 0) is 4.79 Å². The Hall–Kier alpha value is -3.09. The third-order valence-corrected chi connectivity index (χ3v) is 4.32. The summed E-state index contributed by atoms with van der Waals surface area (Å²) >= 11 is 0. The number of fused-ring (bicyclic) bond motifs is 1. The van der Waals surface area contributed by atoms with Crippen LogP contribution in [0.25, 0.3) is 0 Å². The number of rotatable bonds is 5. The molecule has 0 fully saturated rings. The molecule has 0 radical (unpaired) electrons. The van der Waals surface area contributed by atoms with E-state index in [2.05, 4.69) is 5.32 Å². The summed E-state index contributed by atoms with van der Waals surface area (Å²) in [5, 5.41) is 2.36. The van der Waals surface area contributed by atoms with E-state index >= 15 is 0 Å². The van der Waals surface area contributed by atoms with Crippen LogP contribution in [0, 0.1) is 17.6 Å². The van der Waals surface area contributed by atoms with Gasteiger partial charge in [0.15, 0.2) is 0 Å². The van der Waals surface area contributed by atoms with Gasteiger partial charge in [-0.1, -0.05) is 26.0 Å². The molecule has 0 bridgehead atoms. The zero-order chi connectivity index (χ0) is 19.7. The number of benzene rings is 2. The number of halogens is 2. The van der Waals surface area contributed by atoms with Gasteiger partial charge in [0.25, 0.3) is 11.8 Å². The fraction of sp³-hybridized carbons (Fsp3) is 0.250. The number of carbonyl (C=O) groups is 3. The molecule has 3 amide bonds. The first-order valence-corrected chi connectivity index (χ1v) is 8.52. The molecule has 1 atom stereocenters. The first-order valence-electron chi connectivity index (χ1n) is 8.52. The molecular weight excluding hydrogens is 354 g/mol. The monoisotopic (exact) mass is 372 g/mol. The molecule has 0 spiro atoms. The van der Waals surface area contributed by atoms with Crippen LogP contribution in [0.1, 0.15) is 41.0 Å². The predicted octanol–water partition coefficient (Wildman–Crippen LogP) is 3.61. The lowest BCUT2D eigenvalue weighted by Gasteiger charge is -2.26. The topological polar surface area (TPSA) is 66.5 Å². The van der Waals surface area contributed by atoms with Crippen molar-refractivity contribution in [3.8, 4) is 0 Å². The summed E-state index contributed by atoms with van der Waals surface area (Å²) < 4.78 is 26.9. The SMILES string of the molecule is CC(C)C[C@H](C(=O)Nc1ccc(F)cc1F)N1C(=O)c2ccccc2C1=O. The van der Waals surface area contributed by atoms with Crippen LogP contribution in [0.15, 0.2) is 42.5 Å². The minimum Gasteiger partial charge on any atom is -0.322 e. The van der Waals surface area contributed by atoms with E-state index in [0.29, 0.717) is 6.07 Å². The molecule has 1 aliphatic rings. The first-order chi connectivity index (χ1) is 12.8. The lowest BCUT2D eigenvalue weighted by Crippen LogP contribution is -2.48. The van der Waals surface area contributed by atoms with E-state index in [4.69, 9.17) is 0 Å². The second-order valence-corrected chi connectivity index (χ2v) is 6.78. The Morgan fingerprint density at radius 2 is 1.63 bits per heavy atom. The molecule has 27 heavy (non-hydrogen) atoms. The Morgan fingerprint density at radius 1 is 1.04 bits per heavy atom. The molecule has 5 nitrogen and oxygen atoms in total. The van der Waals surface area contributed by atoms with E-state index in [-0.39, 0.29) is 29.2 Å². The number of nitrogens with one attached hydrogen (secondary N) is 1. The van der Waals surface area contributed by atoms with Crippen LogP contribution in [0.3, 0.4) is 0 Å². The lowest BCUT2D eigenvalue weighted by atomic mass is 10.0. The van der Waals surface area contributed by atoms with Gasteiger partial charge in [0.2, 0.25) is 5.91 Å². The maximum absolute atomic E-state index is 13.9. The van der Waals surface area contributed by atoms with Crippen LogP contribution >= 0.6 is 0 Å². The highest BCUT2D eigenvalue weighted by molar-refractivity contribution is 6.23. The van der Waals surface area contributed by atoms with Crippen LogP contribution in [-0.4, -0.2) is 28.7 Å². The standard InChI is InChI=1S/C20H18F2N2O3/c1-11(2)9-17(18(25)23-16-8-7-12(21)10-15(16)22)24-19(26)13-5-3-4-6-14(13)20(24)27/h3-8,10-11,17H,9H2,1-2H3,(H,23,25)/t17-/m1/s1. The fourth-order valence-electron chi connectivity index (χ4n) is 3.07. The molecule has 0 aliphatic carbocycles. The van der Waals surface area contributed by atoms with Gasteiger partial charge in [-0.2, -0.15) is 0 Å². The second-order valence-electron chi connectivity index (χ2n) is 6.78. The Morgan fingerprint density at radius 3 is 2.15 bits per heavy atom. The minimum absolute atomic E-state index is 0.0110. The van der Waals surface area contributed by atoms with Crippen molar-refractivity contribution in [2.75, 3.05) is 5.32 Å². The Kier molecular flexibility index (Phi) is 5.03. The molecule has 0 saturated heterocycles. The van der Waals surface area contributed by atoms with Crippen LogP contribution in [0.2, 0.25) is 0 Å². The van der Waals surface area contributed by atoms with Gasteiger partial charge in [-0.25, -0.2) is 8.78 Å². The number of amides is 3. The summed E-state index contributed by atoms with van der Waals surface area (Å²) in [5.74, 6) is -3.54. The molecule has 140 valence electrons. The highest BCUT2D eigenvalue weighted by Crippen LogP contribution is 2.28. The van der Waals surface area contributed by atoms with Crippen molar-refractivity contribution in [1.82, 2.24) is 4.90 Å². The molecule has 1 N–H and O–H groups in total. The van der Waals surface area contributed by atoms with E-state index in [1.54, 1.807) is 12.1 Å². The summed E-state index contributed by atoms with van der Waals surface area (Å²) in [4.78, 5) is 39.1. The van der Waals surface area contributed by atoms with Crippen molar-refractivity contribution in [3.05, 3.63) is 65.2 Å². The summed E-state index contributed by atoms with van der Waals surface area (Å²) in [5.41, 5.74) is 0.251. The van der Waals surface area contributed by atoms with Gasteiger partial charge in [-0.3, -0.25) is 19.3 Å². The lowest BCUT2D eigenvalue weighted by molar-refractivity contribution is -0.120. The summed E-state index contributed by atoms with van der Waals surface area (Å²) in [6, 6.07) is 7.98. The van der Waals surface area contributed by atoms with E-state index in [0.717, 1.165) is 17.0 Å². The highest BCUT2D eigenvalue weighted by Gasteiger charge is 2.42.